The van der Waals surface area contributed by atoms with Gasteiger partial charge in [-0.05, 0) is 79.1 Å². The Kier molecular flexibility index (Phi) is 9.17. The minimum absolute atomic E-state index is 0.170. The predicted octanol–water partition coefficient (Wildman–Crippen LogP) is 6.05. The molecule has 0 aromatic heterocycles. The number of hydrogen-bond donors (Lipinski definition) is 3. The van der Waals surface area contributed by atoms with Gasteiger partial charge in [-0.1, -0.05) is 23.9 Å². The first-order valence-electron chi connectivity index (χ1n) is 12.3. The lowest BCUT2D eigenvalue weighted by atomic mass is 10.1. The number of carbonyl (C=O) groups excluding carboxylic acids is 3. The van der Waals surface area contributed by atoms with Gasteiger partial charge in [0.05, 0.1) is 24.1 Å². The molecule has 1 fully saturated rings. The molecule has 5 amide bonds. The molecule has 41 heavy (non-hydrogen) atoms. The van der Waals surface area contributed by atoms with Gasteiger partial charge in [0.15, 0.2) is 5.17 Å². The van der Waals surface area contributed by atoms with Gasteiger partial charge in [0.2, 0.25) is 5.91 Å². The summed E-state index contributed by atoms with van der Waals surface area (Å²) >= 11 is 1.19. The number of halogens is 3. The molecule has 1 aliphatic heterocycles. The third kappa shape index (κ3) is 7.78. The number of nitrogens with zero attached hydrogens (tertiary/aromatic N) is 2. The van der Waals surface area contributed by atoms with Crippen LogP contribution < -0.4 is 25.6 Å². The smallest absolute Gasteiger partial charge is 0.416 e. The normalized spacial score (nSPS) is 14.2. The predicted molar refractivity (Wildman–Crippen MR) is 153 cm³/mol. The van der Waals surface area contributed by atoms with Crippen molar-refractivity contribution in [3.8, 4) is 5.75 Å². The zero-order valence-corrected chi connectivity index (χ0v) is 22.9. The summed E-state index contributed by atoms with van der Waals surface area (Å²) in [4.78, 5) is 42.7. The Labute approximate surface area is 238 Å². The maximum Gasteiger partial charge on any atom is 0.416 e. The summed E-state index contributed by atoms with van der Waals surface area (Å²) < 4.78 is 43.2. The molecule has 13 heteroatoms. The highest BCUT2D eigenvalue weighted by Gasteiger charge is 2.32. The summed E-state index contributed by atoms with van der Waals surface area (Å²) in [5, 5.41) is 8.10. The summed E-state index contributed by atoms with van der Waals surface area (Å²) in [5.74, 6) is 0.670. The van der Waals surface area contributed by atoms with Crippen LogP contribution in [0.3, 0.4) is 0 Å². The average molecular weight is 586 g/mol. The number of rotatable bonds is 7. The lowest BCUT2D eigenvalue weighted by Gasteiger charge is -2.18. The number of benzene rings is 3. The van der Waals surface area contributed by atoms with Gasteiger partial charge in [-0.3, -0.25) is 9.69 Å². The zero-order valence-electron chi connectivity index (χ0n) is 22.0. The second-order valence-electron chi connectivity index (χ2n) is 8.90. The van der Waals surface area contributed by atoms with Crippen molar-refractivity contribution in [3.63, 3.8) is 0 Å². The van der Waals surface area contributed by atoms with Gasteiger partial charge in [-0.2, -0.15) is 18.2 Å². The molecule has 0 unspecified atom stereocenters. The Morgan fingerprint density at radius 1 is 1.00 bits per heavy atom. The molecule has 0 radical (unpaired) electrons. The Bertz CT molecular complexity index is 1460. The molecule has 0 bridgehead atoms. The Morgan fingerprint density at radius 2 is 1.63 bits per heavy atom. The first-order valence-corrected chi connectivity index (χ1v) is 13.3. The molecule has 0 saturated carbocycles. The van der Waals surface area contributed by atoms with Crippen LogP contribution in [0.5, 0.6) is 5.75 Å². The maximum atomic E-state index is 12.7. The fourth-order valence-electron chi connectivity index (χ4n) is 3.92. The number of amidine groups is 1. The number of amides is 5. The minimum Gasteiger partial charge on any atom is -0.497 e. The number of ether oxygens (including phenoxy) is 1. The fourth-order valence-corrected chi connectivity index (χ4v) is 4.78. The number of thioether (sulfide) groups is 1. The van der Waals surface area contributed by atoms with Crippen molar-refractivity contribution in [1.29, 1.82) is 0 Å². The molecule has 0 spiro atoms. The van der Waals surface area contributed by atoms with Crippen molar-refractivity contribution in [2.45, 2.75) is 19.5 Å². The average Bonchev–Trinajstić information content (AvgIpc) is 3.28. The lowest BCUT2D eigenvalue weighted by Crippen LogP contribution is -2.32. The molecule has 214 valence electrons. The van der Waals surface area contributed by atoms with Gasteiger partial charge in [0.1, 0.15) is 5.75 Å². The van der Waals surface area contributed by atoms with E-state index in [4.69, 9.17) is 4.74 Å². The van der Waals surface area contributed by atoms with E-state index < -0.39 is 23.8 Å². The molecule has 3 aromatic rings. The Morgan fingerprint density at radius 3 is 2.22 bits per heavy atom. The molecule has 3 N–H and O–H groups in total. The van der Waals surface area contributed by atoms with E-state index in [9.17, 15) is 27.6 Å². The van der Waals surface area contributed by atoms with Crippen molar-refractivity contribution >= 4 is 52.0 Å². The molecular weight excluding hydrogens is 559 g/mol. The van der Waals surface area contributed by atoms with Crippen molar-refractivity contribution < 1.29 is 32.3 Å². The van der Waals surface area contributed by atoms with Crippen LogP contribution in [0.2, 0.25) is 0 Å². The van der Waals surface area contributed by atoms with Crippen LogP contribution in [0, 0.1) is 6.92 Å². The van der Waals surface area contributed by atoms with E-state index in [0.29, 0.717) is 28.7 Å². The lowest BCUT2D eigenvalue weighted by molar-refractivity contribution is -0.137. The highest BCUT2D eigenvalue weighted by molar-refractivity contribution is 8.15. The molecule has 0 aliphatic carbocycles. The SMILES string of the molecule is COc1ccc(N2C(=O)CS/C2=N\C(=O)NCCc2ccc(NC(=O)Nc3ccc(C(F)(F)F)cc3)cc2)c(C)c1. The van der Waals surface area contributed by atoms with Gasteiger partial charge in [-0.15, -0.1) is 0 Å². The van der Waals surface area contributed by atoms with E-state index in [0.717, 1.165) is 23.3 Å². The number of urea groups is 2. The highest BCUT2D eigenvalue weighted by Crippen LogP contribution is 2.32. The molecule has 1 aliphatic rings. The van der Waals surface area contributed by atoms with E-state index in [1.807, 2.05) is 6.92 Å². The molecule has 1 saturated heterocycles. The number of alkyl halides is 3. The van der Waals surface area contributed by atoms with Crippen molar-refractivity contribution in [3.05, 3.63) is 83.4 Å². The van der Waals surface area contributed by atoms with Crippen LogP contribution in [0.25, 0.3) is 0 Å². The second kappa shape index (κ2) is 12.8. The maximum absolute atomic E-state index is 12.7. The van der Waals surface area contributed by atoms with Crippen molar-refractivity contribution in [2.24, 2.45) is 4.99 Å². The first kappa shape index (κ1) is 29.5. The van der Waals surface area contributed by atoms with E-state index in [-0.39, 0.29) is 23.9 Å². The van der Waals surface area contributed by atoms with E-state index in [1.165, 1.54) is 28.8 Å². The minimum atomic E-state index is -4.45. The standard InChI is InChI=1S/C28H26F3N5O4S/c1-17-15-22(40-2)11-12-23(17)36-24(37)16-41-27(36)35-25(38)32-14-13-18-3-7-20(8-4-18)33-26(39)34-21-9-5-19(6-10-21)28(29,30)31/h3-12,15H,13-14,16H2,1-2H3,(H,32,38)(H2,33,34,39)/b35-27-. The van der Waals surface area contributed by atoms with Gasteiger partial charge in [0.25, 0.3) is 0 Å². The van der Waals surface area contributed by atoms with Crippen LogP contribution in [0.15, 0.2) is 71.7 Å². The topological polar surface area (TPSA) is 112 Å². The number of aryl methyl sites for hydroxylation is 1. The van der Waals surface area contributed by atoms with Crippen LogP contribution in [-0.4, -0.2) is 42.5 Å². The van der Waals surface area contributed by atoms with Gasteiger partial charge in [0, 0.05) is 17.9 Å². The Balaban J connectivity index is 1.26. The summed E-state index contributed by atoms with van der Waals surface area (Å²) in [7, 11) is 1.56. The van der Waals surface area contributed by atoms with Crippen molar-refractivity contribution in [2.75, 3.05) is 34.9 Å². The van der Waals surface area contributed by atoms with Crippen LogP contribution >= 0.6 is 11.8 Å². The summed E-state index contributed by atoms with van der Waals surface area (Å²) in [6.07, 6.45) is -3.96. The molecular formula is C28H26F3N5O4S. The summed E-state index contributed by atoms with van der Waals surface area (Å²) in [5.41, 5.74) is 2.21. The molecule has 3 aromatic carbocycles. The Hall–Kier alpha value is -4.52. The number of anilines is 3. The van der Waals surface area contributed by atoms with Gasteiger partial charge >= 0.3 is 18.2 Å². The van der Waals surface area contributed by atoms with Gasteiger partial charge in [-0.25, -0.2) is 9.59 Å². The molecule has 1 heterocycles. The quantitative estimate of drug-likeness (QED) is 0.312. The second-order valence-corrected chi connectivity index (χ2v) is 9.84. The summed E-state index contributed by atoms with van der Waals surface area (Å²) in [6.45, 7) is 2.13. The van der Waals surface area contributed by atoms with Crippen LogP contribution in [0.4, 0.5) is 39.8 Å². The van der Waals surface area contributed by atoms with Crippen LogP contribution in [-0.2, 0) is 17.4 Å². The number of aliphatic imine (C=N–C) groups is 1. The first-order chi connectivity index (χ1) is 19.5. The summed E-state index contributed by atoms with van der Waals surface area (Å²) in [6, 6.07) is 15.1. The van der Waals surface area contributed by atoms with Crippen molar-refractivity contribution in [1.82, 2.24) is 5.32 Å². The molecule has 9 nitrogen and oxygen atoms in total. The largest absolute Gasteiger partial charge is 0.497 e. The van der Waals surface area contributed by atoms with Gasteiger partial charge < -0.3 is 20.7 Å². The zero-order chi connectivity index (χ0) is 29.6. The third-order valence-corrected chi connectivity index (χ3v) is 6.90. The third-order valence-electron chi connectivity index (χ3n) is 5.98. The molecule has 0 atom stereocenters. The monoisotopic (exact) mass is 585 g/mol. The number of methoxy groups -OCH3 is 1. The number of hydrogen-bond acceptors (Lipinski definition) is 5. The number of carbonyl (C=O) groups is 3. The van der Waals surface area contributed by atoms with E-state index in [2.05, 4.69) is 20.9 Å². The van der Waals surface area contributed by atoms with Crippen LogP contribution in [0.1, 0.15) is 16.7 Å². The fraction of sp³-hybridized carbons (Fsp3) is 0.214. The number of nitrogens with one attached hydrogen (secondary N) is 3. The molecule has 4 rings (SSSR count). The van der Waals surface area contributed by atoms with E-state index >= 15 is 0 Å². The highest BCUT2D eigenvalue weighted by atomic mass is 32.2. The van der Waals surface area contributed by atoms with E-state index in [1.54, 1.807) is 49.6 Å².